The van der Waals surface area contributed by atoms with Crippen molar-refractivity contribution in [2.75, 3.05) is 6.61 Å². The van der Waals surface area contributed by atoms with Gasteiger partial charge in [0, 0.05) is 12.3 Å². The molecule has 0 amide bonds. The molecule has 4 heterocycles. The highest BCUT2D eigenvalue weighted by Crippen LogP contribution is 2.77. The molecule has 8 aliphatic rings. The lowest BCUT2D eigenvalue weighted by Gasteiger charge is -2.69. The van der Waals surface area contributed by atoms with Gasteiger partial charge in [-0.05, 0) is 70.3 Å². The van der Waals surface area contributed by atoms with Crippen molar-refractivity contribution < 1.29 is 43.9 Å². The van der Waals surface area contributed by atoms with E-state index in [0.717, 1.165) is 6.42 Å². The van der Waals surface area contributed by atoms with Gasteiger partial charge in [0.15, 0.2) is 23.3 Å². The Morgan fingerprint density at radius 1 is 1.00 bits per heavy atom. The predicted octanol–water partition coefficient (Wildman–Crippen LogP) is 1.02. The van der Waals surface area contributed by atoms with Crippen LogP contribution in [0.5, 0.6) is 0 Å². The third-order valence-electron chi connectivity index (χ3n) is 13.3. The van der Waals surface area contributed by atoms with Gasteiger partial charge >= 0.3 is 5.97 Å². The van der Waals surface area contributed by atoms with Crippen molar-refractivity contribution in [2.45, 2.75) is 106 Å². The van der Waals surface area contributed by atoms with Crippen molar-refractivity contribution >= 4 is 11.8 Å². The fraction of sp³-hybridized carbons (Fsp3) is 0.857. The monoisotopic (exact) mass is 516 g/mol. The number of carbonyl (C=O) groups excluding carboxylic acids is 2. The molecule has 14 unspecified atom stereocenters. The zero-order valence-corrected chi connectivity index (χ0v) is 21.7. The number of allylic oxidation sites excluding steroid dienone is 1. The maximum atomic E-state index is 13.5. The van der Waals surface area contributed by atoms with E-state index < -0.39 is 63.1 Å². The second-order valence-corrected chi connectivity index (χ2v) is 13.9. The van der Waals surface area contributed by atoms with Crippen LogP contribution in [-0.2, 0) is 28.5 Å². The third kappa shape index (κ3) is 2.10. The first-order valence-electron chi connectivity index (χ1n) is 13.8. The van der Waals surface area contributed by atoms with Crippen LogP contribution in [0.3, 0.4) is 0 Å². The zero-order chi connectivity index (χ0) is 26.2. The average molecular weight is 517 g/mol. The summed E-state index contributed by atoms with van der Waals surface area (Å²) < 4.78 is 24.8. The fourth-order valence-electron chi connectivity index (χ4n) is 10.7. The number of ether oxygens (including phenoxy) is 4. The van der Waals surface area contributed by atoms with Crippen molar-refractivity contribution in [1.82, 2.24) is 0 Å². The van der Waals surface area contributed by atoms with E-state index in [2.05, 4.69) is 0 Å². The standard InChI is InChI=1S/C28H36O9/c1-22-15-11-28(33)23(2)14(13(15)10-18-27(22,36-18)8-5-6-17(22)29)7-9-26(23,32)16-12-34-25(4)20(19(16)37-28)35-21(30)24(25,3)31/h5-6,13-16,18-20,31-33H,7-12H2,1-4H3. The van der Waals surface area contributed by atoms with E-state index in [0.29, 0.717) is 19.3 Å². The summed E-state index contributed by atoms with van der Waals surface area (Å²) in [6.07, 6.45) is 4.51. The maximum Gasteiger partial charge on any atom is 0.341 e. The molecule has 4 aliphatic heterocycles. The molecule has 0 aromatic carbocycles. The smallest absolute Gasteiger partial charge is 0.341 e. The fourth-order valence-corrected chi connectivity index (χ4v) is 10.7. The van der Waals surface area contributed by atoms with Crippen LogP contribution >= 0.6 is 0 Å². The van der Waals surface area contributed by atoms with E-state index >= 15 is 0 Å². The van der Waals surface area contributed by atoms with Crippen LogP contribution in [0.25, 0.3) is 0 Å². The van der Waals surface area contributed by atoms with Crippen LogP contribution in [0.4, 0.5) is 0 Å². The average Bonchev–Trinajstić information content (AvgIpc) is 3.41. The largest absolute Gasteiger partial charge is 0.454 e. The number of aliphatic hydroxyl groups is 3. The van der Waals surface area contributed by atoms with E-state index in [4.69, 9.17) is 18.9 Å². The van der Waals surface area contributed by atoms with Gasteiger partial charge in [0.2, 0.25) is 0 Å². The lowest BCUT2D eigenvalue weighted by atomic mass is 9.41. The van der Waals surface area contributed by atoms with E-state index in [9.17, 15) is 24.9 Å². The molecule has 37 heavy (non-hydrogen) atoms. The van der Waals surface area contributed by atoms with Gasteiger partial charge in [-0.25, -0.2) is 4.79 Å². The van der Waals surface area contributed by atoms with E-state index in [1.807, 2.05) is 19.9 Å². The minimum atomic E-state index is -1.89. The van der Waals surface area contributed by atoms with Gasteiger partial charge in [0.25, 0.3) is 0 Å². The minimum absolute atomic E-state index is 0.00671. The van der Waals surface area contributed by atoms with Gasteiger partial charge in [0.05, 0.1) is 29.1 Å². The van der Waals surface area contributed by atoms with Crippen LogP contribution < -0.4 is 0 Å². The normalized spacial score (nSPS) is 66.5. The van der Waals surface area contributed by atoms with Gasteiger partial charge in [-0.15, -0.1) is 0 Å². The second kappa shape index (κ2) is 6.18. The molecule has 0 aromatic rings. The lowest BCUT2D eigenvalue weighted by molar-refractivity contribution is -0.435. The molecular weight excluding hydrogens is 480 g/mol. The van der Waals surface area contributed by atoms with Gasteiger partial charge in [0.1, 0.15) is 17.3 Å². The molecule has 3 N–H and O–H groups in total. The Hall–Kier alpha value is -1.36. The first kappa shape index (κ1) is 23.5. The van der Waals surface area contributed by atoms with E-state index in [-0.39, 0.29) is 42.7 Å². The number of hydrogen-bond acceptors (Lipinski definition) is 9. The summed E-state index contributed by atoms with van der Waals surface area (Å²) in [5, 5.41) is 36.1. The summed E-state index contributed by atoms with van der Waals surface area (Å²) in [7, 11) is 0. The SMILES string of the molecule is CC1(O)C(=O)OC2C3OC4(O)CC5C(CC6OC67CC=CC(=O)C57C)C5CCC(O)(C3COC21C)C54C. The third-order valence-corrected chi connectivity index (χ3v) is 13.3. The van der Waals surface area contributed by atoms with Crippen molar-refractivity contribution in [1.29, 1.82) is 0 Å². The highest BCUT2D eigenvalue weighted by Gasteiger charge is 2.85. The number of carbonyl (C=O) groups is 2. The van der Waals surface area contributed by atoms with Gasteiger partial charge in [-0.2, -0.15) is 0 Å². The minimum Gasteiger partial charge on any atom is -0.454 e. The Morgan fingerprint density at radius 3 is 2.51 bits per heavy atom. The van der Waals surface area contributed by atoms with Crippen LogP contribution in [0.2, 0.25) is 0 Å². The molecule has 1 spiro atoms. The van der Waals surface area contributed by atoms with Crippen molar-refractivity contribution in [2.24, 2.45) is 34.5 Å². The van der Waals surface area contributed by atoms with Crippen LogP contribution in [-0.4, -0.2) is 80.2 Å². The molecule has 9 heteroatoms. The molecule has 0 radical (unpaired) electrons. The number of fused-ring (bicyclic) bond motifs is 7. The predicted molar refractivity (Wildman–Crippen MR) is 125 cm³/mol. The van der Waals surface area contributed by atoms with E-state index in [1.165, 1.54) is 6.92 Å². The van der Waals surface area contributed by atoms with Crippen molar-refractivity contribution in [3.05, 3.63) is 12.2 Å². The number of epoxide rings is 1. The Kier molecular flexibility index (Phi) is 3.93. The van der Waals surface area contributed by atoms with Crippen LogP contribution in [0.15, 0.2) is 12.2 Å². The molecule has 4 saturated heterocycles. The molecule has 8 rings (SSSR count). The van der Waals surface area contributed by atoms with Crippen molar-refractivity contribution in [3.63, 3.8) is 0 Å². The van der Waals surface area contributed by atoms with Gasteiger partial charge in [-0.1, -0.05) is 13.0 Å². The first-order valence-corrected chi connectivity index (χ1v) is 13.8. The Bertz CT molecular complexity index is 1180. The molecule has 202 valence electrons. The number of ketones is 1. The molecule has 3 saturated carbocycles. The Morgan fingerprint density at radius 2 is 1.76 bits per heavy atom. The summed E-state index contributed by atoms with van der Waals surface area (Å²) in [5.41, 5.74) is -6.95. The summed E-state index contributed by atoms with van der Waals surface area (Å²) in [4.78, 5) is 26.2. The maximum absolute atomic E-state index is 13.5. The summed E-state index contributed by atoms with van der Waals surface area (Å²) in [6, 6.07) is 0. The quantitative estimate of drug-likeness (QED) is 0.318. The summed E-state index contributed by atoms with van der Waals surface area (Å²) in [5.74, 6) is -3.26. The Balaban J connectivity index is 1.26. The highest BCUT2D eigenvalue weighted by atomic mass is 16.7. The zero-order valence-electron chi connectivity index (χ0n) is 21.7. The van der Waals surface area contributed by atoms with Crippen molar-refractivity contribution in [3.8, 4) is 0 Å². The van der Waals surface area contributed by atoms with Gasteiger partial charge in [-0.3, -0.25) is 4.79 Å². The number of esters is 1. The second-order valence-electron chi connectivity index (χ2n) is 13.9. The molecule has 7 fully saturated rings. The molecule has 4 aliphatic carbocycles. The molecule has 0 bridgehead atoms. The lowest BCUT2D eigenvalue weighted by Crippen LogP contribution is -2.80. The molecular formula is C28H36O9. The van der Waals surface area contributed by atoms with Gasteiger partial charge < -0.3 is 34.3 Å². The van der Waals surface area contributed by atoms with Crippen LogP contribution in [0.1, 0.15) is 59.8 Å². The summed E-state index contributed by atoms with van der Waals surface area (Å²) in [6.45, 7) is 7.00. The number of hydrogen-bond donors (Lipinski definition) is 3. The molecule has 0 aromatic heterocycles. The molecule has 14 atom stereocenters. The number of rotatable bonds is 0. The highest BCUT2D eigenvalue weighted by molar-refractivity contribution is 5.97. The van der Waals surface area contributed by atoms with E-state index in [1.54, 1.807) is 13.0 Å². The van der Waals surface area contributed by atoms with Crippen LogP contribution in [0, 0.1) is 34.5 Å². The topological polar surface area (TPSA) is 135 Å². The first-order chi connectivity index (χ1) is 17.2. The molecule has 9 nitrogen and oxygen atoms in total. The Labute approximate surface area is 215 Å². The summed E-state index contributed by atoms with van der Waals surface area (Å²) >= 11 is 0.